The molecular weight excluding hydrogens is 306 g/mol. The van der Waals surface area contributed by atoms with Crippen LogP contribution in [0.2, 0.25) is 0 Å². The molecule has 0 amide bonds. The summed E-state index contributed by atoms with van der Waals surface area (Å²) in [5.41, 5.74) is 3.91. The second-order valence-corrected chi connectivity index (χ2v) is 6.26. The Bertz CT molecular complexity index is 1100. The van der Waals surface area contributed by atoms with E-state index in [1.807, 2.05) is 53.6 Å². The smallest absolute Gasteiger partial charge is 0.139 e. The maximum Gasteiger partial charge on any atom is 0.139 e. The lowest BCUT2D eigenvalue weighted by molar-refractivity contribution is 0.886. The number of H-pyrrole nitrogens is 1. The van der Waals surface area contributed by atoms with Gasteiger partial charge >= 0.3 is 0 Å². The van der Waals surface area contributed by atoms with Gasteiger partial charge in [0.1, 0.15) is 10.7 Å². The third kappa shape index (κ3) is 1.96. The Morgan fingerprint density at radius 2 is 2.04 bits per heavy atom. The first-order valence-corrected chi connectivity index (χ1v) is 8.03. The molecular formula is C17H11N5S. The van der Waals surface area contributed by atoms with Crippen molar-refractivity contribution in [2.24, 2.45) is 0 Å². The first kappa shape index (κ1) is 12.5. The van der Waals surface area contributed by atoms with Crippen LogP contribution in [-0.2, 0) is 0 Å². The van der Waals surface area contributed by atoms with Crippen molar-refractivity contribution >= 4 is 32.6 Å². The van der Waals surface area contributed by atoms with Gasteiger partial charge in [0.25, 0.3) is 0 Å². The number of aromatic nitrogens is 5. The topological polar surface area (TPSA) is 59.4 Å². The SMILES string of the molecule is c1ccc2sc(-c3cnn(-c4ccnc5[nH]ccc45)c3)nc2c1. The lowest BCUT2D eigenvalue weighted by Crippen LogP contribution is -1.95. The van der Waals surface area contributed by atoms with Crippen molar-refractivity contribution in [2.75, 3.05) is 0 Å². The quantitative estimate of drug-likeness (QED) is 0.535. The van der Waals surface area contributed by atoms with Gasteiger partial charge in [0.15, 0.2) is 0 Å². The molecule has 1 N–H and O–H groups in total. The molecule has 1 aromatic carbocycles. The molecule has 0 aliphatic heterocycles. The summed E-state index contributed by atoms with van der Waals surface area (Å²) in [5, 5.41) is 6.54. The average Bonchev–Trinajstić information content (AvgIpc) is 3.31. The molecule has 0 bridgehead atoms. The van der Waals surface area contributed by atoms with Gasteiger partial charge in [0.2, 0.25) is 0 Å². The van der Waals surface area contributed by atoms with E-state index in [0.717, 1.165) is 32.8 Å². The van der Waals surface area contributed by atoms with Gasteiger partial charge in [-0.05, 0) is 24.3 Å². The van der Waals surface area contributed by atoms with Gasteiger partial charge in [-0.3, -0.25) is 0 Å². The lowest BCUT2D eigenvalue weighted by Gasteiger charge is -2.01. The van der Waals surface area contributed by atoms with Crippen molar-refractivity contribution in [1.82, 2.24) is 24.7 Å². The minimum absolute atomic E-state index is 0.861. The maximum atomic E-state index is 4.69. The highest BCUT2D eigenvalue weighted by Gasteiger charge is 2.11. The predicted molar refractivity (Wildman–Crippen MR) is 91.8 cm³/mol. The van der Waals surface area contributed by atoms with Gasteiger partial charge in [0, 0.05) is 29.5 Å². The molecule has 0 unspecified atom stereocenters. The van der Waals surface area contributed by atoms with Crippen LogP contribution in [0.25, 0.3) is 37.5 Å². The van der Waals surface area contributed by atoms with Crippen molar-refractivity contribution in [3.63, 3.8) is 0 Å². The maximum absolute atomic E-state index is 4.69. The number of pyridine rings is 1. The summed E-state index contributed by atoms with van der Waals surface area (Å²) in [6.07, 6.45) is 7.54. The zero-order valence-corrected chi connectivity index (χ0v) is 12.8. The summed E-state index contributed by atoms with van der Waals surface area (Å²) in [6, 6.07) is 12.1. The largest absolute Gasteiger partial charge is 0.346 e. The first-order chi connectivity index (χ1) is 11.4. The van der Waals surface area contributed by atoms with Gasteiger partial charge in [-0.2, -0.15) is 5.10 Å². The molecule has 4 heterocycles. The molecule has 110 valence electrons. The van der Waals surface area contributed by atoms with Crippen LogP contribution in [0, 0.1) is 0 Å². The molecule has 0 fully saturated rings. The second-order valence-electron chi connectivity index (χ2n) is 5.23. The van der Waals surface area contributed by atoms with Gasteiger partial charge in [-0.1, -0.05) is 12.1 Å². The van der Waals surface area contributed by atoms with Crippen LogP contribution >= 0.6 is 11.3 Å². The fraction of sp³-hybridized carbons (Fsp3) is 0. The van der Waals surface area contributed by atoms with Gasteiger partial charge in [0.05, 0.1) is 22.1 Å². The highest BCUT2D eigenvalue weighted by molar-refractivity contribution is 7.21. The van der Waals surface area contributed by atoms with E-state index in [9.17, 15) is 0 Å². The molecule has 0 aliphatic rings. The second kappa shape index (κ2) is 4.76. The van der Waals surface area contributed by atoms with Crippen LogP contribution in [0.5, 0.6) is 0 Å². The van der Waals surface area contributed by atoms with E-state index in [1.54, 1.807) is 17.5 Å². The van der Waals surface area contributed by atoms with Gasteiger partial charge in [-0.25, -0.2) is 14.6 Å². The summed E-state index contributed by atoms with van der Waals surface area (Å²) in [7, 11) is 0. The van der Waals surface area contributed by atoms with Gasteiger partial charge in [-0.15, -0.1) is 11.3 Å². The monoisotopic (exact) mass is 317 g/mol. The number of fused-ring (bicyclic) bond motifs is 2. The standard InChI is InChI=1S/C17H11N5S/c1-2-4-15-13(3-1)21-17(23-15)11-9-20-22(10-11)14-6-8-19-16-12(14)5-7-18-16/h1-10H,(H,18,19). The molecule has 5 rings (SSSR count). The minimum Gasteiger partial charge on any atom is -0.346 e. The number of para-hydroxylation sites is 1. The van der Waals surface area contributed by atoms with E-state index in [2.05, 4.69) is 26.1 Å². The number of aromatic amines is 1. The van der Waals surface area contributed by atoms with Crippen LogP contribution in [-0.4, -0.2) is 24.7 Å². The molecule has 0 saturated carbocycles. The Hall–Kier alpha value is -2.99. The van der Waals surface area contributed by atoms with Crippen molar-refractivity contribution in [1.29, 1.82) is 0 Å². The van der Waals surface area contributed by atoms with Crippen LogP contribution in [0.1, 0.15) is 0 Å². The van der Waals surface area contributed by atoms with Crippen molar-refractivity contribution < 1.29 is 0 Å². The van der Waals surface area contributed by atoms with Crippen LogP contribution < -0.4 is 0 Å². The molecule has 0 spiro atoms. The van der Waals surface area contributed by atoms with E-state index >= 15 is 0 Å². The van der Waals surface area contributed by atoms with Gasteiger partial charge < -0.3 is 4.98 Å². The minimum atomic E-state index is 0.861. The highest BCUT2D eigenvalue weighted by Crippen LogP contribution is 2.30. The van der Waals surface area contributed by atoms with E-state index in [4.69, 9.17) is 0 Å². The summed E-state index contributed by atoms with van der Waals surface area (Å²) >= 11 is 1.68. The Morgan fingerprint density at radius 3 is 3.00 bits per heavy atom. The number of nitrogens with zero attached hydrogens (tertiary/aromatic N) is 4. The molecule has 0 atom stereocenters. The summed E-state index contributed by atoms with van der Waals surface area (Å²) in [6.45, 7) is 0. The number of rotatable bonds is 2. The first-order valence-electron chi connectivity index (χ1n) is 7.21. The van der Waals surface area contributed by atoms with E-state index in [0.29, 0.717) is 0 Å². The molecule has 0 radical (unpaired) electrons. The zero-order chi connectivity index (χ0) is 15.2. The number of hydrogen-bond donors (Lipinski definition) is 1. The molecule has 0 aliphatic carbocycles. The van der Waals surface area contributed by atoms with E-state index in [1.165, 1.54) is 4.70 Å². The fourth-order valence-corrected chi connectivity index (χ4v) is 3.65. The Kier molecular flexibility index (Phi) is 2.59. The fourth-order valence-electron chi connectivity index (χ4n) is 2.71. The molecule has 23 heavy (non-hydrogen) atoms. The third-order valence-electron chi connectivity index (χ3n) is 3.81. The van der Waals surface area contributed by atoms with Crippen LogP contribution in [0.3, 0.4) is 0 Å². The summed E-state index contributed by atoms with van der Waals surface area (Å²) in [5.74, 6) is 0. The lowest BCUT2D eigenvalue weighted by atomic mass is 10.3. The summed E-state index contributed by atoms with van der Waals surface area (Å²) in [4.78, 5) is 12.1. The van der Waals surface area contributed by atoms with E-state index in [-0.39, 0.29) is 0 Å². The average molecular weight is 317 g/mol. The number of thiazole rings is 1. The Labute approximate surface area is 135 Å². The Balaban J connectivity index is 1.64. The van der Waals surface area contributed by atoms with Crippen LogP contribution in [0.15, 0.2) is 61.2 Å². The number of nitrogens with one attached hydrogen (secondary N) is 1. The molecule has 5 nitrogen and oxygen atoms in total. The molecule has 5 aromatic rings. The normalized spacial score (nSPS) is 11.5. The number of benzene rings is 1. The van der Waals surface area contributed by atoms with Crippen molar-refractivity contribution in [2.45, 2.75) is 0 Å². The molecule has 4 aromatic heterocycles. The predicted octanol–water partition coefficient (Wildman–Crippen LogP) is 4.03. The summed E-state index contributed by atoms with van der Waals surface area (Å²) < 4.78 is 3.06. The van der Waals surface area contributed by atoms with Crippen LogP contribution in [0.4, 0.5) is 0 Å². The molecule has 0 saturated heterocycles. The third-order valence-corrected chi connectivity index (χ3v) is 4.89. The van der Waals surface area contributed by atoms with Crippen molar-refractivity contribution in [3.05, 3.63) is 61.2 Å². The zero-order valence-electron chi connectivity index (χ0n) is 12.0. The highest BCUT2D eigenvalue weighted by atomic mass is 32.1. The number of hydrogen-bond acceptors (Lipinski definition) is 4. The van der Waals surface area contributed by atoms with E-state index < -0.39 is 0 Å². The molecule has 6 heteroatoms. The Morgan fingerprint density at radius 1 is 1.09 bits per heavy atom. The van der Waals surface area contributed by atoms with Crippen molar-refractivity contribution in [3.8, 4) is 16.3 Å².